The largest absolute Gasteiger partial charge is 0.343 e. The zero-order valence-electron chi connectivity index (χ0n) is 15.5. The zero-order chi connectivity index (χ0) is 19.6. The van der Waals surface area contributed by atoms with Gasteiger partial charge in [-0.1, -0.05) is 30.8 Å². The van der Waals surface area contributed by atoms with Gasteiger partial charge < -0.3 is 4.57 Å². The average Bonchev–Trinajstić information content (AvgIpc) is 3.14. The Labute approximate surface area is 160 Å². The van der Waals surface area contributed by atoms with Crippen LogP contribution in [0, 0.1) is 19.7 Å². The van der Waals surface area contributed by atoms with Crippen LogP contribution >= 0.6 is 11.8 Å². The van der Waals surface area contributed by atoms with E-state index in [1.807, 2.05) is 13.8 Å². The minimum Gasteiger partial charge on any atom is -0.315 e. The van der Waals surface area contributed by atoms with E-state index in [9.17, 15) is 14.0 Å². The number of aromatic amines is 1. The van der Waals surface area contributed by atoms with Gasteiger partial charge in [-0.3, -0.25) is 9.36 Å². The Morgan fingerprint density at radius 1 is 1.30 bits per heavy atom. The lowest BCUT2D eigenvalue weighted by Crippen LogP contribution is -2.17. The molecule has 0 spiro atoms. The predicted molar refractivity (Wildman–Crippen MR) is 103 cm³/mol. The number of carbonyl (C=O) groups is 1. The monoisotopic (exact) mass is 388 g/mol. The molecule has 3 rings (SSSR count). The van der Waals surface area contributed by atoms with Crippen molar-refractivity contribution in [2.24, 2.45) is 0 Å². The average molecular weight is 388 g/mol. The third kappa shape index (κ3) is 3.75. The third-order valence-electron chi connectivity index (χ3n) is 4.33. The van der Waals surface area contributed by atoms with E-state index in [1.54, 1.807) is 35.8 Å². The number of thioether (sulfide) groups is 1. The smallest absolute Gasteiger partial charge is 0.315 e. The number of H-pyrrole nitrogens is 1. The number of para-hydroxylation sites is 1. The Balaban J connectivity index is 1.84. The number of nitrogens with zero attached hydrogens (tertiary/aromatic N) is 3. The van der Waals surface area contributed by atoms with Crippen molar-refractivity contribution in [3.63, 3.8) is 0 Å². The number of halogens is 1. The van der Waals surface area contributed by atoms with E-state index in [4.69, 9.17) is 0 Å². The molecule has 0 fully saturated rings. The summed E-state index contributed by atoms with van der Waals surface area (Å²) in [6.07, 6.45) is 0.796. The molecule has 0 bridgehead atoms. The standard InChI is InChI=1S/C19H21FN4O2S/c1-4-9-23-18(26)21-22-19(23)27-11-17(25)14-10-12(2)24(13(14)3)16-8-6-5-7-15(16)20/h5-8,10H,4,9,11H2,1-3H3,(H,21,26). The molecular weight excluding hydrogens is 367 g/mol. The summed E-state index contributed by atoms with van der Waals surface area (Å²) in [4.78, 5) is 24.5. The van der Waals surface area contributed by atoms with Gasteiger partial charge in [-0.25, -0.2) is 14.3 Å². The quantitative estimate of drug-likeness (QED) is 0.497. The molecule has 142 valence electrons. The predicted octanol–water partition coefficient (Wildman–Crippen LogP) is 3.50. The first-order chi connectivity index (χ1) is 12.9. The first kappa shape index (κ1) is 19.2. The van der Waals surface area contributed by atoms with E-state index in [2.05, 4.69) is 10.2 Å². The van der Waals surface area contributed by atoms with Crippen LogP contribution in [0.4, 0.5) is 4.39 Å². The molecule has 0 aliphatic carbocycles. The molecule has 0 saturated heterocycles. The highest BCUT2D eigenvalue weighted by atomic mass is 32.2. The molecule has 0 unspecified atom stereocenters. The molecule has 3 aromatic rings. The minimum absolute atomic E-state index is 0.0887. The third-order valence-corrected chi connectivity index (χ3v) is 5.30. The van der Waals surface area contributed by atoms with Crippen LogP contribution in [0.1, 0.15) is 35.1 Å². The Morgan fingerprint density at radius 3 is 2.74 bits per heavy atom. The molecule has 0 radical (unpaired) electrons. The summed E-state index contributed by atoms with van der Waals surface area (Å²) < 4.78 is 17.5. The fourth-order valence-electron chi connectivity index (χ4n) is 3.09. The van der Waals surface area contributed by atoms with Gasteiger partial charge in [-0.2, -0.15) is 0 Å². The molecule has 2 heterocycles. The molecule has 0 saturated carbocycles. The zero-order valence-corrected chi connectivity index (χ0v) is 16.3. The SMILES string of the molecule is CCCn1c(SCC(=O)c2cc(C)n(-c3ccccc3F)c2C)n[nH]c1=O. The highest BCUT2D eigenvalue weighted by Crippen LogP contribution is 2.25. The number of nitrogens with one attached hydrogen (secondary N) is 1. The molecule has 0 aliphatic heterocycles. The molecular formula is C19H21FN4O2S. The van der Waals surface area contributed by atoms with Gasteiger partial charge in [-0.05, 0) is 38.5 Å². The molecule has 1 N–H and O–H groups in total. The fourth-order valence-corrected chi connectivity index (χ4v) is 3.95. The van der Waals surface area contributed by atoms with Gasteiger partial charge in [0.2, 0.25) is 0 Å². The maximum atomic E-state index is 14.2. The summed E-state index contributed by atoms with van der Waals surface area (Å²) in [5.74, 6) is -0.280. The lowest BCUT2D eigenvalue weighted by Gasteiger charge is -2.10. The van der Waals surface area contributed by atoms with E-state index in [0.717, 1.165) is 12.1 Å². The second-order valence-electron chi connectivity index (χ2n) is 6.25. The minimum atomic E-state index is -0.340. The van der Waals surface area contributed by atoms with Crippen molar-refractivity contribution in [1.82, 2.24) is 19.3 Å². The number of carbonyl (C=O) groups excluding carboxylic acids is 1. The number of hydrogen-bond donors (Lipinski definition) is 1. The van der Waals surface area contributed by atoms with Crippen molar-refractivity contribution in [2.45, 2.75) is 38.9 Å². The van der Waals surface area contributed by atoms with Gasteiger partial charge in [0.05, 0.1) is 11.4 Å². The van der Waals surface area contributed by atoms with Gasteiger partial charge in [0.1, 0.15) is 5.82 Å². The van der Waals surface area contributed by atoms with E-state index < -0.39 is 0 Å². The van der Waals surface area contributed by atoms with E-state index in [1.165, 1.54) is 22.4 Å². The lowest BCUT2D eigenvalue weighted by molar-refractivity contribution is 0.102. The summed E-state index contributed by atoms with van der Waals surface area (Å²) in [6, 6.07) is 8.25. The first-order valence-electron chi connectivity index (χ1n) is 8.69. The highest BCUT2D eigenvalue weighted by Gasteiger charge is 2.19. The number of aryl methyl sites for hydroxylation is 1. The molecule has 8 heteroatoms. The lowest BCUT2D eigenvalue weighted by atomic mass is 10.2. The van der Waals surface area contributed by atoms with Crippen LogP contribution in [0.5, 0.6) is 0 Å². The Hall–Kier alpha value is -2.61. The number of hydrogen-bond acceptors (Lipinski definition) is 4. The van der Waals surface area contributed by atoms with Crippen LogP contribution < -0.4 is 5.69 Å². The van der Waals surface area contributed by atoms with Crippen molar-refractivity contribution in [3.8, 4) is 5.69 Å². The van der Waals surface area contributed by atoms with E-state index in [-0.39, 0.29) is 23.0 Å². The fraction of sp³-hybridized carbons (Fsp3) is 0.316. The van der Waals surface area contributed by atoms with Crippen LogP contribution in [-0.2, 0) is 6.54 Å². The Bertz CT molecular complexity index is 1030. The van der Waals surface area contributed by atoms with Gasteiger partial charge in [0, 0.05) is 23.5 Å². The maximum Gasteiger partial charge on any atom is 0.343 e. The van der Waals surface area contributed by atoms with Gasteiger partial charge in [0.15, 0.2) is 10.9 Å². The van der Waals surface area contributed by atoms with Crippen molar-refractivity contribution in [2.75, 3.05) is 5.75 Å². The molecule has 1 aromatic carbocycles. The van der Waals surface area contributed by atoms with Crippen LogP contribution in [0.2, 0.25) is 0 Å². The summed E-state index contributed by atoms with van der Waals surface area (Å²) in [5.41, 5.74) is 2.17. The molecule has 27 heavy (non-hydrogen) atoms. The second kappa shape index (κ2) is 7.96. The van der Waals surface area contributed by atoms with Crippen molar-refractivity contribution in [3.05, 3.63) is 63.6 Å². The number of benzene rings is 1. The highest BCUT2D eigenvalue weighted by molar-refractivity contribution is 7.99. The van der Waals surface area contributed by atoms with Gasteiger partial charge in [0.25, 0.3) is 0 Å². The van der Waals surface area contributed by atoms with E-state index in [0.29, 0.717) is 28.6 Å². The molecule has 0 aliphatic rings. The first-order valence-corrected chi connectivity index (χ1v) is 9.67. The normalized spacial score (nSPS) is 11.1. The summed E-state index contributed by atoms with van der Waals surface area (Å²) >= 11 is 1.22. The Morgan fingerprint density at radius 2 is 2.04 bits per heavy atom. The van der Waals surface area contributed by atoms with Crippen LogP contribution in [0.3, 0.4) is 0 Å². The molecule has 2 aromatic heterocycles. The second-order valence-corrected chi connectivity index (χ2v) is 7.19. The number of ketones is 1. The number of rotatable bonds is 7. The van der Waals surface area contributed by atoms with E-state index >= 15 is 0 Å². The number of aromatic nitrogens is 4. The van der Waals surface area contributed by atoms with Crippen LogP contribution in [0.25, 0.3) is 5.69 Å². The topological polar surface area (TPSA) is 72.7 Å². The summed E-state index contributed by atoms with van der Waals surface area (Å²) in [7, 11) is 0. The number of Topliss-reactive ketones (excluding diaryl/α,β-unsaturated/α-hetero) is 1. The van der Waals surface area contributed by atoms with Gasteiger partial charge >= 0.3 is 5.69 Å². The Kier molecular flexibility index (Phi) is 5.65. The summed E-state index contributed by atoms with van der Waals surface area (Å²) in [5, 5.41) is 6.90. The van der Waals surface area contributed by atoms with Crippen molar-refractivity contribution >= 4 is 17.5 Å². The van der Waals surface area contributed by atoms with Gasteiger partial charge in [-0.15, -0.1) is 5.10 Å². The molecule has 0 atom stereocenters. The van der Waals surface area contributed by atoms with Crippen molar-refractivity contribution in [1.29, 1.82) is 0 Å². The van der Waals surface area contributed by atoms with Crippen molar-refractivity contribution < 1.29 is 9.18 Å². The molecule has 6 nitrogen and oxygen atoms in total. The molecule has 0 amide bonds. The van der Waals surface area contributed by atoms with Crippen LogP contribution in [-0.4, -0.2) is 30.9 Å². The summed E-state index contributed by atoms with van der Waals surface area (Å²) in [6.45, 7) is 6.17. The van der Waals surface area contributed by atoms with Crippen LogP contribution in [0.15, 0.2) is 40.3 Å². The maximum absolute atomic E-state index is 14.2.